The van der Waals surface area contributed by atoms with Gasteiger partial charge in [0.1, 0.15) is 0 Å². The first-order valence-electron chi connectivity index (χ1n) is 10.2. The molecule has 1 aromatic carbocycles. The fraction of sp³-hybridized carbons (Fsp3) is 0.650. The zero-order valence-corrected chi connectivity index (χ0v) is 17.8. The molecular formula is C20H30ClN3O3S. The minimum absolute atomic E-state index is 0.00127. The number of rotatable bonds is 8. The summed E-state index contributed by atoms with van der Waals surface area (Å²) in [6.45, 7) is 3.36. The molecule has 156 valence electrons. The molecule has 0 aliphatic carbocycles. The second-order valence-electron chi connectivity index (χ2n) is 7.76. The number of amides is 1. The Labute approximate surface area is 173 Å². The first kappa shape index (κ1) is 21.6. The quantitative estimate of drug-likeness (QED) is 0.625. The first-order valence-corrected chi connectivity index (χ1v) is 12.1. The molecule has 2 aliphatic rings. The normalized spacial score (nSPS) is 23.2. The van der Waals surface area contributed by atoms with Crippen LogP contribution in [0.4, 0.5) is 0 Å². The molecule has 0 radical (unpaired) electrons. The number of benzene rings is 1. The van der Waals surface area contributed by atoms with Gasteiger partial charge in [0.15, 0.2) is 0 Å². The van der Waals surface area contributed by atoms with Gasteiger partial charge in [0, 0.05) is 30.6 Å². The maximum absolute atomic E-state index is 12.2. The van der Waals surface area contributed by atoms with Gasteiger partial charge in [0.2, 0.25) is 15.9 Å². The lowest BCUT2D eigenvalue weighted by Gasteiger charge is -2.44. The molecule has 6 nitrogen and oxygen atoms in total. The standard InChI is InChI=1S/C20H30ClN3O3S/c21-17-8-10-18(11-9-17)28(26,27)23-12-3-7-20(25)22-15-16-5-4-14-24-13-2-1-6-19(16)24/h8-11,16,19,23H,1-7,12-15H2,(H,22,25)/t16-,19+/m1/s1. The Balaban J connectivity index is 1.36. The molecule has 2 aliphatic heterocycles. The first-order chi connectivity index (χ1) is 13.5. The summed E-state index contributed by atoms with van der Waals surface area (Å²) in [4.78, 5) is 14.9. The Morgan fingerprint density at radius 3 is 2.64 bits per heavy atom. The van der Waals surface area contributed by atoms with Gasteiger partial charge in [-0.1, -0.05) is 18.0 Å². The summed E-state index contributed by atoms with van der Waals surface area (Å²) >= 11 is 5.78. The molecule has 3 rings (SSSR count). The number of nitrogens with one attached hydrogen (secondary N) is 2. The smallest absolute Gasteiger partial charge is 0.240 e. The predicted octanol–water partition coefficient (Wildman–Crippen LogP) is 2.78. The van der Waals surface area contributed by atoms with E-state index in [9.17, 15) is 13.2 Å². The van der Waals surface area contributed by atoms with Crippen molar-refractivity contribution in [3.05, 3.63) is 29.3 Å². The van der Waals surface area contributed by atoms with Gasteiger partial charge in [-0.15, -0.1) is 0 Å². The lowest BCUT2D eigenvalue weighted by Crippen LogP contribution is -2.51. The molecule has 0 spiro atoms. The van der Waals surface area contributed by atoms with Crippen molar-refractivity contribution >= 4 is 27.5 Å². The number of nitrogens with zero attached hydrogens (tertiary/aromatic N) is 1. The van der Waals surface area contributed by atoms with E-state index in [1.165, 1.54) is 57.3 Å². The highest BCUT2D eigenvalue weighted by atomic mass is 35.5. The van der Waals surface area contributed by atoms with Crippen LogP contribution >= 0.6 is 11.6 Å². The number of hydrogen-bond acceptors (Lipinski definition) is 4. The van der Waals surface area contributed by atoms with Gasteiger partial charge in [-0.05, 0) is 75.4 Å². The zero-order valence-electron chi connectivity index (χ0n) is 16.2. The van der Waals surface area contributed by atoms with E-state index in [0.29, 0.717) is 29.8 Å². The van der Waals surface area contributed by atoms with Crippen LogP contribution in [0, 0.1) is 5.92 Å². The SMILES string of the molecule is O=C(CCCNS(=O)(=O)c1ccc(Cl)cc1)NC[C@H]1CCCN2CCCC[C@@H]12. The predicted molar refractivity (Wildman–Crippen MR) is 111 cm³/mol. The Kier molecular flexibility index (Phi) is 7.74. The van der Waals surface area contributed by atoms with Gasteiger partial charge in [-0.3, -0.25) is 4.79 Å². The average Bonchev–Trinajstić information content (AvgIpc) is 2.70. The summed E-state index contributed by atoms with van der Waals surface area (Å²) in [7, 11) is -3.56. The summed E-state index contributed by atoms with van der Waals surface area (Å²) in [6, 6.07) is 6.64. The van der Waals surface area contributed by atoms with Gasteiger partial charge < -0.3 is 10.2 Å². The highest BCUT2D eigenvalue weighted by Gasteiger charge is 2.32. The summed E-state index contributed by atoms with van der Waals surface area (Å²) in [5.74, 6) is 0.542. The Morgan fingerprint density at radius 1 is 1.11 bits per heavy atom. The second-order valence-corrected chi connectivity index (χ2v) is 9.96. The number of sulfonamides is 1. The average molecular weight is 428 g/mol. The van der Waals surface area contributed by atoms with E-state index in [4.69, 9.17) is 11.6 Å². The summed E-state index contributed by atoms with van der Waals surface area (Å²) in [5.41, 5.74) is 0. The van der Waals surface area contributed by atoms with Crippen molar-refractivity contribution in [1.82, 2.24) is 14.9 Å². The largest absolute Gasteiger partial charge is 0.356 e. The number of carbonyl (C=O) groups excluding carboxylic acids is 1. The zero-order chi connectivity index (χ0) is 20.0. The number of carbonyl (C=O) groups is 1. The summed E-state index contributed by atoms with van der Waals surface area (Å²) in [6.07, 6.45) is 7.02. The number of halogens is 1. The summed E-state index contributed by atoms with van der Waals surface area (Å²) < 4.78 is 26.9. The van der Waals surface area contributed by atoms with Gasteiger partial charge in [0.25, 0.3) is 0 Å². The van der Waals surface area contributed by atoms with E-state index in [-0.39, 0.29) is 17.3 Å². The molecule has 0 aromatic heterocycles. The molecule has 0 saturated carbocycles. The minimum atomic E-state index is -3.56. The van der Waals surface area contributed by atoms with Crippen LogP contribution in [-0.4, -0.2) is 51.4 Å². The van der Waals surface area contributed by atoms with Crippen molar-refractivity contribution < 1.29 is 13.2 Å². The lowest BCUT2D eigenvalue weighted by molar-refractivity contribution is -0.121. The third-order valence-electron chi connectivity index (χ3n) is 5.79. The van der Waals surface area contributed by atoms with Crippen LogP contribution in [0.25, 0.3) is 0 Å². The highest BCUT2D eigenvalue weighted by Crippen LogP contribution is 2.30. The highest BCUT2D eigenvalue weighted by molar-refractivity contribution is 7.89. The Hall–Kier alpha value is -1.15. The molecule has 2 fully saturated rings. The minimum Gasteiger partial charge on any atom is -0.356 e. The molecule has 8 heteroatoms. The van der Waals surface area contributed by atoms with E-state index in [1.807, 2.05) is 0 Å². The molecule has 2 atom stereocenters. The van der Waals surface area contributed by atoms with E-state index in [1.54, 1.807) is 12.1 Å². The summed E-state index contributed by atoms with van der Waals surface area (Å²) in [5, 5.41) is 3.55. The fourth-order valence-electron chi connectivity index (χ4n) is 4.30. The van der Waals surface area contributed by atoms with Crippen LogP contribution in [0.5, 0.6) is 0 Å². The second kappa shape index (κ2) is 10.1. The van der Waals surface area contributed by atoms with E-state index < -0.39 is 10.0 Å². The van der Waals surface area contributed by atoms with Crippen LogP contribution in [-0.2, 0) is 14.8 Å². The molecule has 2 heterocycles. The number of hydrogen-bond donors (Lipinski definition) is 2. The van der Waals surface area contributed by atoms with Gasteiger partial charge in [0.05, 0.1) is 4.90 Å². The molecule has 2 N–H and O–H groups in total. The topological polar surface area (TPSA) is 78.5 Å². The fourth-order valence-corrected chi connectivity index (χ4v) is 5.50. The van der Waals surface area contributed by atoms with Gasteiger partial charge >= 0.3 is 0 Å². The molecule has 2 saturated heterocycles. The van der Waals surface area contributed by atoms with Crippen LogP contribution in [0.3, 0.4) is 0 Å². The van der Waals surface area contributed by atoms with E-state index >= 15 is 0 Å². The third-order valence-corrected chi connectivity index (χ3v) is 7.52. The Morgan fingerprint density at radius 2 is 1.86 bits per heavy atom. The van der Waals surface area contributed by atoms with E-state index in [2.05, 4.69) is 14.9 Å². The van der Waals surface area contributed by atoms with Crippen molar-refractivity contribution in [3.63, 3.8) is 0 Å². The molecule has 1 aromatic rings. The van der Waals surface area contributed by atoms with Crippen LogP contribution < -0.4 is 10.0 Å². The molecule has 28 heavy (non-hydrogen) atoms. The van der Waals surface area contributed by atoms with Crippen molar-refractivity contribution in [1.29, 1.82) is 0 Å². The maximum Gasteiger partial charge on any atom is 0.240 e. The number of fused-ring (bicyclic) bond motifs is 1. The maximum atomic E-state index is 12.2. The van der Waals surface area contributed by atoms with Crippen LogP contribution in [0.15, 0.2) is 29.2 Å². The van der Waals surface area contributed by atoms with Gasteiger partial charge in [-0.25, -0.2) is 13.1 Å². The lowest BCUT2D eigenvalue weighted by atomic mass is 9.83. The Bertz CT molecular complexity index is 752. The van der Waals surface area contributed by atoms with E-state index in [0.717, 1.165) is 6.54 Å². The van der Waals surface area contributed by atoms with Crippen LogP contribution in [0.1, 0.15) is 44.9 Å². The molecule has 0 unspecified atom stereocenters. The van der Waals surface area contributed by atoms with Crippen molar-refractivity contribution in [2.24, 2.45) is 5.92 Å². The van der Waals surface area contributed by atoms with Crippen molar-refractivity contribution in [2.75, 3.05) is 26.2 Å². The van der Waals surface area contributed by atoms with Gasteiger partial charge in [-0.2, -0.15) is 0 Å². The van der Waals surface area contributed by atoms with Crippen molar-refractivity contribution in [3.8, 4) is 0 Å². The molecule has 1 amide bonds. The monoisotopic (exact) mass is 427 g/mol. The van der Waals surface area contributed by atoms with Crippen molar-refractivity contribution in [2.45, 2.75) is 55.9 Å². The number of piperidine rings is 2. The molecule has 0 bridgehead atoms. The third kappa shape index (κ3) is 5.92. The van der Waals surface area contributed by atoms with Crippen LogP contribution in [0.2, 0.25) is 5.02 Å². The molecular weight excluding hydrogens is 398 g/mol.